The number of rotatable bonds is 4. The number of amides is 1. The molecule has 1 fully saturated rings. The summed E-state index contributed by atoms with van der Waals surface area (Å²) in [5.41, 5.74) is 1.69. The van der Waals surface area contributed by atoms with E-state index in [1.165, 1.54) is 0 Å². The van der Waals surface area contributed by atoms with Crippen LogP contribution in [-0.4, -0.2) is 58.9 Å². The second-order valence-electron chi connectivity index (χ2n) is 5.97. The zero-order valence-electron chi connectivity index (χ0n) is 14.4. The molecule has 1 atom stereocenters. The van der Waals surface area contributed by atoms with E-state index < -0.39 is 0 Å². The van der Waals surface area contributed by atoms with Crippen molar-refractivity contribution < 1.29 is 9.90 Å². The molecule has 0 spiro atoms. The Morgan fingerprint density at radius 3 is 2.48 bits per heavy atom. The number of aromatic hydroxyl groups is 1. The van der Waals surface area contributed by atoms with Gasteiger partial charge < -0.3 is 20.2 Å². The van der Waals surface area contributed by atoms with E-state index in [2.05, 4.69) is 15.3 Å². The van der Waals surface area contributed by atoms with E-state index >= 15 is 0 Å². The number of nitrogens with zero attached hydrogens (tertiary/aromatic N) is 4. The van der Waals surface area contributed by atoms with Crippen LogP contribution in [-0.2, 0) is 11.8 Å². The Morgan fingerprint density at radius 1 is 1.24 bits per heavy atom. The zero-order chi connectivity index (χ0) is 17.1. The fraction of sp³-hybridized carbons (Fsp3) is 0.412. The van der Waals surface area contributed by atoms with Gasteiger partial charge in [-0.05, 0) is 19.2 Å². The maximum atomic E-state index is 12.8. The number of carbonyl (C=O) groups excluding carboxylic acids is 1. The molecule has 0 saturated carbocycles. The number of hydrogen-bond donors (Lipinski definition) is 2. The number of anilines is 1. The number of hydrogen-bond acceptors (Lipinski definition) is 5. The largest absolute Gasteiger partial charge is 0.506 e. The predicted octanol–water partition coefficient (Wildman–Crippen LogP) is 1.16. The standard InChI is InChI=1S/C17H23N5O2.ClH/c1-18-16(13-11-19-20(2)12-13)17(24)22-9-7-21(8-10-22)14-5-3-4-6-15(14)23;/h3-6,11-12,16,18,23H,7-10H2,1-2H3;1H. The van der Waals surface area contributed by atoms with E-state index in [4.69, 9.17) is 0 Å². The number of halogens is 1. The molecule has 8 heteroatoms. The zero-order valence-corrected chi connectivity index (χ0v) is 15.2. The highest BCUT2D eigenvalue weighted by molar-refractivity contribution is 5.85. The number of likely N-dealkylation sites (N-methyl/N-ethyl adjacent to an activating group) is 1. The van der Waals surface area contributed by atoms with Gasteiger partial charge in [-0.1, -0.05) is 12.1 Å². The molecule has 1 aromatic carbocycles. The molecular weight excluding hydrogens is 342 g/mol. The second-order valence-corrected chi connectivity index (χ2v) is 5.97. The maximum absolute atomic E-state index is 12.8. The Hall–Kier alpha value is -2.25. The van der Waals surface area contributed by atoms with E-state index in [0.29, 0.717) is 26.2 Å². The normalized spacial score (nSPS) is 15.6. The summed E-state index contributed by atoms with van der Waals surface area (Å²) in [7, 11) is 3.62. The van der Waals surface area contributed by atoms with Crippen molar-refractivity contribution in [2.45, 2.75) is 6.04 Å². The molecular formula is C17H24ClN5O2. The quantitative estimate of drug-likeness (QED) is 0.850. The minimum Gasteiger partial charge on any atom is -0.506 e. The van der Waals surface area contributed by atoms with E-state index in [9.17, 15) is 9.90 Å². The molecule has 2 aromatic rings. The number of para-hydroxylation sites is 2. The van der Waals surface area contributed by atoms with Gasteiger partial charge in [0.1, 0.15) is 11.8 Å². The first-order chi connectivity index (χ1) is 11.6. The molecule has 136 valence electrons. The fourth-order valence-corrected chi connectivity index (χ4v) is 3.10. The molecule has 25 heavy (non-hydrogen) atoms. The first-order valence-electron chi connectivity index (χ1n) is 8.07. The van der Waals surface area contributed by atoms with Gasteiger partial charge in [0.2, 0.25) is 5.91 Å². The molecule has 1 aromatic heterocycles. The SMILES string of the molecule is CNC(C(=O)N1CCN(c2ccccc2O)CC1)c1cnn(C)c1.Cl. The average Bonchev–Trinajstić information content (AvgIpc) is 3.02. The van der Waals surface area contributed by atoms with Crippen LogP contribution < -0.4 is 10.2 Å². The van der Waals surface area contributed by atoms with Crippen LogP contribution >= 0.6 is 12.4 Å². The van der Waals surface area contributed by atoms with Gasteiger partial charge in [-0.25, -0.2) is 0 Å². The van der Waals surface area contributed by atoms with Gasteiger partial charge in [-0.2, -0.15) is 5.10 Å². The number of aryl methyl sites for hydroxylation is 1. The highest BCUT2D eigenvalue weighted by Gasteiger charge is 2.28. The smallest absolute Gasteiger partial charge is 0.244 e. The van der Waals surface area contributed by atoms with Crippen LogP contribution in [0.5, 0.6) is 5.75 Å². The number of aromatic nitrogens is 2. The van der Waals surface area contributed by atoms with Crippen molar-refractivity contribution in [2.75, 3.05) is 38.1 Å². The molecule has 3 rings (SSSR count). The Labute approximate surface area is 153 Å². The van der Waals surface area contributed by atoms with Crippen LogP contribution in [0.1, 0.15) is 11.6 Å². The van der Waals surface area contributed by atoms with Crippen LogP contribution in [0.15, 0.2) is 36.7 Å². The summed E-state index contributed by atoms with van der Waals surface area (Å²) < 4.78 is 1.70. The molecule has 0 radical (unpaired) electrons. The summed E-state index contributed by atoms with van der Waals surface area (Å²) >= 11 is 0. The number of carbonyl (C=O) groups is 1. The number of phenols is 1. The second kappa shape index (κ2) is 8.22. The van der Waals surface area contributed by atoms with Crippen LogP contribution in [0.25, 0.3) is 0 Å². The molecule has 1 saturated heterocycles. The van der Waals surface area contributed by atoms with Crippen molar-refractivity contribution >= 4 is 24.0 Å². The molecule has 1 unspecified atom stereocenters. The molecule has 2 heterocycles. The fourth-order valence-electron chi connectivity index (χ4n) is 3.10. The topological polar surface area (TPSA) is 73.6 Å². The highest BCUT2D eigenvalue weighted by atomic mass is 35.5. The van der Waals surface area contributed by atoms with Gasteiger partial charge in [0.25, 0.3) is 0 Å². The molecule has 7 nitrogen and oxygen atoms in total. The van der Waals surface area contributed by atoms with Crippen molar-refractivity contribution in [2.24, 2.45) is 7.05 Å². The summed E-state index contributed by atoms with van der Waals surface area (Å²) in [6, 6.07) is 6.93. The Bertz CT molecular complexity index is 713. The van der Waals surface area contributed by atoms with Crippen molar-refractivity contribution in [3.8, 4) is 5.75 Å². The van der Waals surface area contributed by atoms with Gasteiger partial charge in [0, 0.05) is 45.0 Å². The predicted molar refractivity (Wildman–Crippen MR) is 99.2 cm³/mol. The lowest BCUT2D eigenvalue weighted by Gasteiger charge is -2.37. The third kappa shape index (κ3) is 4.05. The third-order valence-electron chi connectivity index (χ3n) is 4.41. The van der Waals surface area contributed by atoms with Crippen LogP contribution in [0.3, 0.4) is 0 Å². The lowest BCUT2D eigenvalue weighted by molar-refractivity contribution is -0.133. The van der Waals surface area contributed by atoms with Gasteiger partial charge in [-0.3, -0.25) is 9.48 Å². The minimum atomic E-state index is -0.379. The summed E-state index contributed by atoms with van der Waals surface area (Å²) in [5.74, 6) is 0.336. The summed E-state index contributed by atoms with van der Waals surface area (Å²) in [4.78, 5) is 16.8. The highest BCUT2D eigenvalue weighted by Crippen LogP contribution is 2.27. The summed E-state index contributed by atoms with van der Waals surface area (Å²) in [6.07, 6.45) is 3.58. The average molecular weight is 366 g/mol. The van der Waals surface area contributed by atoms with Crippen LogP contribution in [0.2, 0.25) is 0 Å². The Morgan fingerprint density at radius 2 is 1.92 bits per heavy atom. The number of piperazine rings is 1. The van der Waals surface area contributed by atoms with Gasteiger partial charge >= 0.3 is 0 Å². The lowest BCUT2D eigenvalue weighted by Crippen LogP contribution is -2.51. The summed E-state index contributed by atoms with van der Waals surface area (Å²) in [5, 5.41) is 17.2. The summed E-state index contributed by atoms with van der Waals surface area (Å²) in [6.45, 7) is 2.66. The van der Waals surface area contributed by atoms with Gasteiger partial charge in [0.05, 0.1) is 11.9 Å². The van der Waals surface area contributed by atoms with Crippen LogP contribution in [0, 0.1) is 0 Å². The van der Waals surface area contributed by atoms with E-state index in [1.807, 2.05) is 36.3 Å². The van der Waals surface area contributed by atoms with Crippen molar-refractivity contribution in [1.29, 1.82) is 0 Å². The van der Waals surface area contributed by atoms with E-state index in [1.54, 1.807) is 24.0 Å². The van der Waals surface area contributed by atoms with E-state index in [-0.39, 0.29) is 30.1 Å². The molecule has 0 bridgehead atoms. The van der Waals surface area contributed by atoms with Crippen molar-refractivity contribution in [1.82, 2.24) is 20.0 Å². The monoisotopic (exact) mass is 365 g/mol. The first-order valence-corrected chi connectivity index (χ1v) is 8.07. The Kier molecular flexibility index (Phi) is 6.27. The number of phenolic OH excluding ortho intramolecular Hbond substituents is 1. The van der Waals surface area contributed by atoms with E-state index in [0.717, 1.165) is 11.3 Å². The van der Waals surface area contributed by atoms with Crippen molar-refractivity contribution in [3.63, 3.8) is 0 Å². The molecule has 1 aliphatic rings. The minimum absolute atomic E-state index is 0. The molecule has 1 aliphatic heterocycles. The first kappa shape index (κ1) is 19.1. The maximum Gasteiger partial charge on any atom is 0.244 e. The van der Waals surface area contributed by atoms with Gasteiger partial charge in [-0.15, -0.1) is 12.4 Å². The van der Waals surface area contributed by atoms with Crippen LogP contribution in [0.4, 0.5) is 5.69 Å². The van der Waals surface area contributed by atoms with Crippen molar-refractivity contribution in [3.05, 3.63) is 42.2 Å². The third-order valence-corrected chi connectivity index (χ3v) is 4.41. The number of benzene rings is 1. The lowest BCUT2D eigenvalue weighted by atomic mass is 10.1. The Balaban J connectivity index is 0.00000225. The molecule has 2 N–H and O–H groups in total. The van der Waals surface area contributed by atoms with Gasteiger partial charge in [0.15, 0.2) is 0 Å². The number of nitrogens with one attached hydrogen (secondary N) is 1. The molecule has 0 aliphatic carbocycles. The molecule has 1 amide bonds.